The van der Waals surface area contributed by atoms with Crippen molar-refractivity contribution < 1.29 is 19.2 Å². The Morgan fingerprint density at radius 3 is 1.34 bits per heavy atom. The van der Waals surface area contributed by atoms with Crippen LogP contribution in [0.15, 0.2) is 34.3 Å². The molecule has 4 atom stereocenters. The Morgan fingerprint density at radius 1 is 0.659 bits per heavy atom. The molecule has 0 radical (unpaired) electrons. The van der Waals surface area contributed by atoms with Crippen LogP contribution >= 0.6 is 0 Å². The van der Waals surface area contributed by atoms with Gasteiger partial charge in [0, 0.05) is 34.7 Å². The quantitative estimate of drug-likeness (QED) is 0.349. The van der Waals surface area contributed by atoms with Crippen LogP contribution in [0.1, 0.15) is 114 Å². The number of hydrogen-bond acceptors (Lipinski definition) is 4. The fourth-order valence-electron chi connectivity index (χ4n) is 6.54. The van der Waals surface area contributed by atoms with Gasteiger partial charge in [0.1, 0.15) is 37.7 Å². The van der Waals surface area contributed by atoms with E-state index in [0.717, 1.165) is 96.2 Å². The van der Waals surface area contributed by atoms with Crippen LogP contribution in [0.5, 0.6) is 11.5 Å². The second-order valence-electron chi connectivity index (χ2n) is 16.3. The topological polar surface area (TPSA) is 65.2 Å². The summed E-state index contributed by atoms with van der Waals surface area (Å²) in [6.07, 6.45) is 8.02. The van der Waals surface area contributed by atoms with E-state index in [1.165, 1.54) is 11.1 Å². The maximum atomic E-state index is 11.7. The highest BCUT2D eigenvalue weighted by Gasteiger charge is 2.32. The smallest absolute Gasteiger partial charge is 0.133 e. The average molecular weight is 605 g/mol. The normalized spacial score (nSPS) is 27.0. The molecule has 1 aliphatic carbocycles. The molecular weight excluding hydrogens is 544 g/mol. The van der Waals surface area contributed by atoms with Gasteiger partial charge >= 0.3 is 0 Å². The highest BCUT2D eigenvalue weighted by molar-refractivity contribution is 5.86. The van der Waals surface area contributed by atoms with Crippen LogP contribution in [-0.4, -0.2) is 84.0 Å². The number of benzene rings is 2. The SMILES string of the molecule is CC[N+]1(C)CC[N+](C)(CC)Cc2cc(C(C)(C)C)cc(c2O)C=N[C@@H]2CCCCC2N=Cc2cc(C(C)(C)C)cc(c2O)C1. The Balaban J connectivity index is 1.90. The lowest BCUT2D eigenvalue weighted by Crippen LogP contribution is -2.53. The molecule has 1 saturated carbocycles. The number of aliphatic imine (C=N–C) groups is 2. The van der Waals surface area contributed by atoms with Crippen molar-refractivity contribution in [2.24, 2.45) is 9.98 Å². The molecule has 2 N–H and O–H groups in total. The van der Waals surface area contributed by atoms with E-state index in [2.05, 4.69) is 93.8 Å². The van der Waals surface area contributed by atoms with Crippen LogP contribution in [0.2, 0.25) is 0 Å². The van der Waals surface area contributed by atoms with E-state index in [0.29, 0.717) is 11.5 Å². The molecule has 0 amide bonds. The van der Waals surface area contributed by atoms with Gasteiger partial charge in [0.05, 0.1) is 39.3 Å². The van der Waals surface area contributed by atoms with E-state index in [1.54, 1.807) is 0 Å². The molecule has 0 aromatic heterocycles. The number of aromatic hydroxyl groups is 2. The van der Waals surface area contributed by atoms with Crippen molar-refractivity contribution in [1.29, 1.82) is 0 Å². The number of phenols is 2. The maximum absolute atomic E-state index is 11.7. The van der Waals surface area contributed by atoms with E-state index >= 15 is 0 Å². The minimum Gasteiger partial charge on any atom is -0.507 e. The summed E-state index contributed by atoms with van der Waals surface area (Å²) in [7, 11) is 4.63. The minimum atomic E-state index is -0.0480. The minimum absolute atomic E-state index is 0.0455. The van der Waals surface area contributed by atoms with Crippen molar-refractivity contribution in [2.75, 3.05) is 40.3 Å². The number of nitrogens with zero attached hydrogens (tertiary/aromatic N) is 4. The summed E-state index contributed by atoms with van der Waals surface area (Å²) in [6, 6.07) is 8.78. The van der Waals surface area contributed by atoms with E-state index in [9.17, 15) is 10.2 Å². The summed E-state index contributed by atoms with van der Waals surface area (Å²) < 4.78 is 1.64. The van der Waals surface area contributed by atoms with Gasteiger partial charge in [-0.1, -0.05) is 54.4 Å². The highest BCUT2D eigenvalue weighted by atomic mass is 16.3. The van der Waals surface area contributed by atoms with Crippen molar-refractivity contribution >= 4 is 12.4 Å². The zero-order valence-electron chi connectivity index (χ0n) is 29.4. The molecule has 3 unspecified atom stereocenters. The third-order valence-corrected chi connectivity index (χ3v) is 10.5. The number of phenolic OH excluding ortho intramolecular Hbond substituents is 2. The molecule has 1 heterocycles. The molecule has 2 aromatic rings. The van der Waals surface area contributed by atoms with Crippen molar-refractivity contribution in [3.8, 4) is 11.5 Å². The highest BCUT2D eigenvalue weighted by Crippen LogP contribution is 2.35. The molecule has 0 saturated heterocycles. The van der Waals surface area contributed by atoms with Crippen LogP contribution in [0.25, 0.3) is 0 Å². The van der Waals surface area contributed by atoms with Gasteiger partial charge in [-0.05, 0) is 72.9 Å². The first-order chi connectivity index (χ1) is 20.5. The first kappa shape index (κ1) is 34.2. The summed E-state index contributed by atoms with van der Waals surface area (Å²) in [5, 5.41) is 23.3. The summed E-state index contributed by atoms with van der Waals surface area (Å²) in [6.45, 7) is 23.3. The van der Waals surface area contributed by atoms with Crippen molar-refractivity contribution in [2.45, 2.75) is 117 Å². The van der Waals surface area contributed by atoms with Crippen LogP contribution in [0.3, 0.4) is 0 Å². The third-order valence-electron chi connectivity index (χ3n) is 10.5. The van der Waals surface area contributed by atoms with Crippen LogP contribution in [0.4, 0.5) is 0 Å². The summed E-state index contributed by atoms with van der Waals surface area (Å²) >= 11 is 0. The Morgan fingerprint density at radius 2 is 1.02 bits per heavy atom. The molecule has 0 spiro atoms. The lowest BCUT2D eigenvalue weighted by molar-refractivity contribution is -0.974. The molecule has 2 aromatic carbocycles. The van der Waals surface area contributed by atoms with E-state index in [-0.39, 0.29) is 22.9 Å². The predicted molar refractivity (Wildman–Crippen MR) is 185 cm³/mol. The Labute approximate surface area is 267 Å². The molecule has 44 heavy (non-hydrogen) atoms. The van der Waals surface area contributed by atoms with Crippen molar-refractivity contribution in [3.05, 3.63) is 57.6 Å². The monoisotopic (exact) mass is 604 g/mol. The first-order valence-electron chi connectivity index (χ1n) is 16.9. The maximum Gasteiger partial charge on any atom is 0.133 e. The van der Waals surface area contributed by atoms with Gasteiger partial charge in [-0.25, -0.2) is 0 Å². The summed E-state index contributed by atoms with van der Waals surface area (Å²) in [5.74, 6) is 0.720. The number of rotatable bonds is 2. The van der Waals surface area contributed by atoms with E-state index in [4.69, 9.17) is 9.98 Å². The predicted octanol–water partition coefficient (Wildman–Crippen LogP) is 7.49. The first-order valence-corrected chi connectivity index (χ1v) is 16.9. The number of quaternary nitrogens is 2. The van der Waals surface area contributed by atoms with Gasteiger partial charge in [0.15, 0.2) is 0 Å². The van der Waals surface area contributed by atoms with Crippen LogP contribution in [-0.2, 0) is 23.9 Å². The molecule has 6 nitrogen and oxygen atoms in total. The summed E-state index contributed by atoms with van der Waals surface area (Å²) in [5.41, 5.74) is 5.94. The largest absolute Gasteiger partial charge is 0.507 e. The van der Waals surface area contributed by atoms with Crippen LogP contribution in [0, 0.1) is 0 Å². The zero-order chi connectivity index (χ0) is 32.5. The van der Waals surface area contributed by atoms with Crippen molar-refractivity contribution in [1.82, 2.24) is 0 Å². The molecule has 4 bridgehead atoms. The zero-order valence-corrected chi connectivity index (χ0v) is 29.4. The van der Waals surface area contributed by atoms with Gasteiger partial charge in [-0.2, -0.15) is 0 Å². The van der Waals surface area contributed by atoms with E-state index in [1.807, 2.05) is 12.4 Å². The van der Waals surface area contributed by atoms with Crippen LogP contribution < -0.4 is 0 Å². The van der Waals surface area contributed by atoms with Crippen molar-refractivity contribution in [3.63, 3.8) is 0 Å². The molecule has 1 aliphatic heterocycles. The van der Waals surface area contributed by atoms with Gasteiger partial charge in [0.25, 0.3) is 0 Å². The third kappa shape index (κ3) is 7.92. The molecule has 2 aliphatic rings. The lowest BCUT2D eigenvalue weighted by atomic mass is 9.84. The Hall–Kier alpha value is -2.70. The van der Waals surface area contributed by atoms with E-state index < -0.39 is 0 Å². The average Bonchev–Trinajstić information content (AvgIpc) is 2.96. The second kappa shape index (κ2) is 13.0. The standard InChI is InChI=1S/C38H58N4O2/c1-11-41(9)17-18-42(10,12-2)26-30-22-32(38(6,7)8)20-28(36(30)44)24-40-34-16-14-13-15-33(34)39-23-27-19-31(37(3,4)5)21-29(25-41)35(27)43/h19-24,33-34H,11-18,25-26H2,1-10H3/p+2/t33-,34?,41?,42?/m1/s1. The van der Waals surface area contributed by atoms with Gasteiger partial charge in [-0.15, -0.1) is 0 Å². The van der Waals surface area contributed by atoms with Gasteiger partial charge in [-0.3, -0.25) is 9.98 Å². The second-order valence-corrected chi connectivity index (χ2v) is 16.3. The molecule has 6 heteroatoms. The fraction of sp³-hybridized carbons (Fsp3) is 0.632. The number of hydrogen-bond donors (Lipinski definition) is 2. The molecule has 4 rings (SSSR count). The molecule has 242 valence electrons. The summed E-state index contributed by atoms with van der Waals surface area (Å²) in [4.78, 5) is 10.2. The Bertz CT molecular complexity index is 1280. The number of likely N-dealkylation sites (N-methyl/N-ethyl adjacent to an activating group) is 2. The van der Waals surface area contributed by atoms with Gasteiger partial charge in [0.2, 0.25) is 0 Å². The lowest BCUT2D eigenvalue weighted by Gasteiger charge is -2.40. The molecular formula is C38H60N4O2+2. The number of fused-ring (bicyclic) bond motifs is 5. The van der Waals surface area contributed by atoms with Gasteiger partial charge < -0.3 is 19.2 Å². The fourth-order valence-corrected chi connectivity index (χ4v) is 6.54. The molecule has 1 fully saturated rings. The Kier molecular flexibility index (Phi) is 10.1.